The summed E-state index contributed by atoms with van der Waals surface area (Å²) in [7, 11) is 0. The second-order valence-corrected chi connectivity index (χ2v) is 6.45. The van der Waals surface area contributed by atoms with E-state index in [9.17, 15) is 9.59 Å². The van der Waals surface area contributed by atoms with E-state index in [-0.39, 0.29) is 23.4 Å². The average Bonchev–Trinajstić information content (AvgIpc) is 3.18. The van der Waals surface area contributed by atoms with Gasteiger partial charge in [0.25, 0.3) is 5.91 Å². The van der Waals surface area contributed by atoms with Crippen LogP contribution in [-0.2, 0) is 0 Å². The van der Waals surface area contributed by atoms with Crippen LogP contribution in [0.25, 0.3) is 11.0 Å². The summed E-state index contributed by atoms with van der Waals surface area (Å²) in [6.07, 6.45) is 3.39. The Labute approximate surface area is 138 Å². The van der Waals surface area contributed by atoms with Crippen molar-refractivity contribution in [2.24, 2.45) is 0 Å². The highest BCUT2D eigenvalue weighted by Crippen LogP contribution is 2.53. The van der Waals surface area contributed by atoms with Gasteiger partial charge in [-0.1, -0.05) is 24.3 Å². The highest BCUT2D eigenvalue weighted by Gasteiger charge is 2.46. The van der Waals surface area contributed by atoms with Gasteiger partial charge in [0.15, 0.2) is 5.43 Å². The molecular weight excluding hydrogens is 302 g/mol. The van der Waals surface area contributed by atoms with Gasteiger partial charge in [0, 0.05) is 11.6 Å². The molecule has 2 aliphatic rings. The van der Waals surface area contributed by atoms with Crippen molar-refractivity contribution in [3.63, 3.8) is 0 Å². The summed E-state index contributed by atoms with van der Waals surface area (Å²) < 4.78 is 5.41. The predicted molar refractivity (Wildman–Crippen MR) is 89.8 cm³/mol. The summed E-state index contributed by atoms with van der Waals surface area (Å²) in [5.74, 6) is 0.00658. The second kappa shape index (κ2) is 4.81. The standard InChI is InChI=1S/C20H15NO3/c22-18-9-10-24-19-11-12(5-6-15(18)19)20(23)21-16-7-8-17(21)14-4-2-1-3-13(14)16/h1-6,9-11,16-17H,7-8H2. The van der Waals surface area contributed by atoms with Crippen molar-refractivity contribution in [3.05, 3.63) is 81.7 Å². The zero-order valence-corrected chi connectivity index (χ0v) is 12.9. The molecule has 2 aromatic carbocycles. The van der Waals surface area contributed by atoms with Crippen molar-refractivity contribution in [1.29, 1.82) is 0 Å². The maximum atomic E-state index is 13.1. The van der Waals surface area contributed by atoms with Crippen LogP contribution in [0.2, 0.25) is 0 Å². The fourth-order valence-electron chi connectivity index (χ4n) is 4.19. The minimum Gasteiger partial charge on any atom is -0.464 e. The van der Waals surface area contributed by atoms with Crippen molar-refractivity contribution >= 4 is 16.9 Å². The van der Waals surface area contributed by atoms with Crippen LogP contribution in [0.5, 0.6) is 0 Å². The van der Waals surface area contributed by atoms with Gasteiger partial charge in [0.1, 0.15) is 5.58 Å². The molecule has 0 aliphatic carbocycles. The highest BCUT2D eigenvalue weighted by molar-refractivity contribution is 5.98. The van der Waals surface area contributed by atoms with E-state index >= 15 is 0 Å². The zero-order chi connectivity index (χ0) is 16.3. The van der Waals surface area contributed by atoms with E-state index in [1.54, 1.807) is 18.2 Å². The molecule has 5 rings (SSSR count). The quantitative estimate of drug-likeness (QED) is 0.685. The molecule has 24 heavy (non-hydrogen) atoms. The van der Waals surface area contributed by atoms with Crippen LogP contribution >= 0.6 is 0 Å². The number of hydrogen-bond acceptors (Lipinski definition) is 3. The maximum absolute atomic E-state index is 13.1. The minimum absolute atomic E-state index is 0.00658. The van der Waals surface area contributed by atoms with Crippen molar-refractivity contribution < 1.29 is 9.21 Å². The number of nitrogens with zero attached hydrogens (tertiary/aromatic N) is 1. The first-order chi connectivity index (χ1) is 11.7. The molecule has 1 fully saturated rings. The third-order valence-corrected chi connectivity index (χ3v) is 5.24. The fraction of sp³-hybridized carbons (Fsp3) is 0.200. The minimum atomic E-state index is -0.0936. The molecule has 4 heteroatoms. The number of fused-ring (bicyclic) bond motifs is 6. The first-order valence-electron chi connectivity index (χ1n) is 8.17. The summed E-state index contributed by atoms with van der Waals surface area (Å²) in [6, 6.07) is 15.1. The van der Waals surface area contributed by atoms with Gasteiger partial charge in [0.05, 0.1) is 23.7 Å². The monoisotopic (exact) mass is 317 g/mol. The summed E-state index contributed by atoms with van der Waals surface area (Å²) in [4.78, 5) is 26.9. The first kappa shape index (κ1) is 13.5. The van der Waals surface area contributed by atoms with Gasteiger partial charge >= 0.3 is 0 Å². The number of rotatable bonds is 1. The summed E-state index contributed by atoms with van der Waals surface area (Å²) >= 11 is 0. The van der Waals surface area contributed by atoms with Gasteiger partial charge in [-0.15, -0.1) is 0 Å². The van der Waals surface area contributed by atoms with Gasteiger partial charge in [0.2, 0.25) is 0 Å². The Hall–Kier alpha value is -2.88. The lowest BCUT2D eigenvalue weighted by Gasteiger charge is -2.22. The molecule has 0 radical (unpaired) electrons. The van der Waals surface area contributed by atoms with Gasteiger partial charge in [-0.2, -0.15) is 0 Å². The topological polar surface area (TPSA) is 50.5 Å². The van der Waals surface area contributed by atoms with E-state index in [0.29, 0.717) is 16.5 Å². The third kappa shape index (κ3) is 1.74. The molecular formula is C20H15NO3. The van der Waals surface area contributed by atoms with Crippen LogP contribution < -0.4 is 5.43 Å². The Morgan fingerprint density at radius 1 is 1.00 bits per heavy atom. The van der Waals surface area contributed by atoms with Crippen molar-refractivity contribution in [2.45, 2.75) is 24.9 Å². The largest absolute Gasteiger partial charge is 0.464 e. The molecule has 0 spiro atoms. The molecule has 2 aliphatic heterocycles. The molecule has 1 aromatic heterocycles. The lowest BCUT2D eigenvalue weighted by atomic mass is 9.92. The average molecular weight is 317 g/mol. The highest BCUT2D eigenvalue weighted by atomic mass is 16.3. The molecule has 2 atom stereocenters. The maximum Gasteiger partial charge on any atom is 0.255 e. The molecule has 4 nitrogen and oxygen atoms in total. The zero-order valence-electron chi connectivity index (χ0n) is 12.9. The third-order valence-electron chi connectivity index (χ3n) is 5.24. The lowest BCUT2D eigenvalue weighted by Crippen LogP contribution is -2.27. The van der Waals surface area contributed by atoms with Crippen LogP contribution in [0.3, 0.4) is 0 Å². The van der Waals surface area contributed by atoms with E-state index in [1.807, 2.05) is 17.0 Å². The van der Waals surface area contributed by atoms with E-state index in [1.165, 1.54) is 23.5 Å². The van der Waals surface area contributed by atoms with Crippen LogP contribution in [0.4, 0.5) is 0 Å². The number of hydrogen-bond donors (Lipinski definition) is 0. The molecule has 1 saturated heterocycles. The van der Waals surface area contributed by atoms with Crippen LogP contribution in [0.1, 0.15) is 46.4 Å². The first-order valence-corrected chi connectivity index (χ1v) is 8.17. The van der Waals surface area contributed by atoms with Gasteiger partial charge in [-0.05, 0) is 42.2 Å². The summed E-state index contributed by atoms with van der Waals surface area (Å²) in [5.41, 5.74) is 3.48. The van der Waals surface area contributed by atoms with Crippen LogP contribution in [-0.4, -0.2) is 10.8 Å². The Morgan fingerprint density at radius 2 is 1.71 bits per heavy atom. The smallest absolute Gasteiger partial charge is 0.255 e. The van der Waals surface area contributed by atoms with Crippen molar-refractivity contribution in [2.75, 3.05) is 0 Å². The number of amides is 1. The molecule has 3 heterocycles. The number of carbonyl (C=O) groups excluding carboxylic acids is 1. The summed E-state index contributed by atoms with van der Waals surface area (Å²) in [5, 5.41) is 0.502. The molecule has 0 saturated carbocycles. The SMILES string of the molecule is O=C(c1ccc2c(=O)ccoc2c1)N1C2CCC1c1ccccc12. The van der Waals surface area contributed by atoms with E-state index in [4.69, 9.17) is 4.42 Å². The Balaban J connectivity index is 1.57. The van der Waals surface area contributed by atoms with Gasteiger partial charge < -0.3 is 9.32 Å². The summed E-state index contributed by atoms with van der Waals surface area (Å²) in [6.45, 7) is 0. The fourth-order valence-corrected chi connectivity index (χ4v) is 4.19. The predicted octanol–water partition coefficient (Wildman–Crippen LogP) is 3.83. The molecule has 2 unspecified atom stereocenters. The molecule has 1 amide bonds. The van der Waals surface area contributed by atoms with E-state index in [2.05, 4.69) is 12.1 Å². The van der Waals surface area contributed by atoms with Crippen LogP contribution in [0, 0.1) is 0 Å². The van der Waals surface area contributed by atoms with Crippen LogP contribution in [0.15, 0.2) is 64.0 Å². The van der Waals surface area contributed by atoms with E-state index in [0.717, 1.165) is 12.8 Å². The lowest BCUT2D eigenvalue weighted by molar-refractivity contribution is 0.0697. The Morgan fingerprint density at radius 3 is 2.42 bits per heavy atom. The molecule has 118 valence electrons. The normalized spacial score (nSPS) is 21.2. The Kier molecular flexibility index (Phi) is 2.71. The molecule has 2 bridgehead atoms. The molecule has 0 N–H and O–H groups in total. The number of benzene rings is 2. The van der Waals surface area contributed by atoms with Gasteiger partial charge in [-0.25, -0.2) is 0 Å². The van der Waals surface area contributed by atoms with Crippen molar-refractivity contribution in [1.82, 2.24) is 4.90 Å². The number of carbonyl (C=O) groups is 1. The Bertz CT molecular complexity index is 1010. The van der Waals surface area contributed by atoms with Crippen molar-refractivity contribution in [3.8, 4) is 0 Å². The van der Waals surface area contributed by atoms with E-state index < -0.39 is 0 Å². The second-order valence-electron chi connectivity index (χ2n) is 6.45. The van der Waals surface area contributed by atoms with Gasteiger partial charge in [-0.3, -0.25) is 9.59 Å². The molecule has 3 aromatic rings.